The van der Waals surface area contributed by atoms with Gasteiger partial charge in [0.05, 0.1) is 4.83 Å². The van der Waals surface area contributed by atoms with Crippen LogP contribution >= 0.6 is 31.9 Å². The van der Waals surface area contributed by atoms with Gasteiger partial charge in [0.2, 0.25) is 0 Å². The Morgan fingerprint density at radius 1 is 1.11 bits per heavy atom. The maximum atomic E-state index is 12.6. The highest BCUT2D eigenvalue weighted by atomic mass is 79.9. The van der Waals surface area contributed by atoms with Crippen molar-refractivity contribution in [2.45, 2.75) is 56.6 Å². The number of ketones is 1. The lowest BCUT2D eigenvalue weighted by Gasteiger charge is -2.67. The first-order chi connectivity index (χ1) is 8.22. The normalized spacial score (nSPS) is 63.1. The van der Waals surface area contributed by atoms with E-state index in [4.69, 9.17) is 0 Å². The molecule has 3 aliphatic carbocycles. The summed E-state index contributed by atoms with van der Waals surface area (Å²) in [7, 11) is 0. The zero-order chi connectivity index (χ0) is 13.5. The second-order valence-electron chi connectivity index (χ2n) is 7.29. The number of rotatable bonds is 0. The van der Waals surface area contributed by atoms with Gasteiger partial charge in [0.25, 0.3) is 0 Å². The average molecular weight is 378 g/mol. The van der Waals surface area contributed by atoms with Gasteiger partial charge in [-0.2, -0.15) is 0 Å². The van der Waals surface area contributed by atoms with Gasteiger partial charge in [0, 0.05) is 10.7 Å². The minimum absolute atomic E-state index is 0.0470. The van der Waals surface area contributed by atoms with Crippen LogP contribution in [-0.2, 0) is 4.79 Å². The molecule has 0 N–H and O–H groups in total. The second kappa shape index (κ2) is 3.63. The van der Waals surface area contributed by atoms with Crippen LogP contribution in [0, 0.1) is 28.1 Å². The molecule has 0 radical (unpaired) electrons. The first-order valence-electron chi connectivity index (χ1n) is 7.04. The summed E-state index contributed by atoms with van der Waals surface area (Å²) >= 11 is 7.61. The number of carbonyl (C=O) groups is 1. The van der Waals surface area contributed by atoms with E-state index < -0.39 is 0 Å². The van der Waals surface area contributed by atoms with Gasteiger partial charge in [-0.05, 0) is 41.4 Å². The summed E-state index contributed by atoms with van der Waals surface area (Å²) < 4.78 is 0. The molecule has 0 aliphatic heterocycles. The van der Waals surface area contributed by atoms with Crippen molar-refractivity contribution in [1.29, 1.82) is 0 Å². The van der Waals surface area contributed by atoms with Crippen molar-refractivity contribution in [3.8, 4) is 0 Å². The molecular formula is C15H22Br2O. The Balaban J connectivity index is 2.18. The first kappa shape index (κ1) is 13.6. The lowest BCUT2D eigenvalue weighted by molar-refractivity contribution is -0.189. The van der Waals surface area contributed by atoms with Crippen molar-refractivity contribution in [3.05, 3.63) is 0 Å². The number of hydrogen-bond donors (Lipinski definition) is 0. The summed E-state index contributed by atoms with van der Waals surface area (Å²) in [5.41, 5.74) is 0.836. The summed E-state index contributed by atoms with van der Waals surface area (Å²) in [5.74, 6) is 1.07. The third kappa shape index (κ3) is 1.11. The fourth-order valence-electron chi connectivity index (χ4n) is 5.79. The van der Waals surface area contributed by atoms with Gasteiger partial charge in [-0.25, -0.2) is 0 Å². The highest BCUT2D eigenvalue weighted by Gasteiger charge is 2.77. The van der Waals surface area contributed by atoms with Crippen molar-refractivity contribution in [1.82, 2.24) is 0 Å². The molecule has 0 aromatic rings. The van der Waals surface area contributed by atoms with Gasteiger partial charge in [-0.3, -0.25) is 4.79 Å². The Bertz CT molecular complexity index is 423. The van der Waals surface area contributed by atoms with Crippen molar-refractivity contribution in [3.63, 3.8) is 0 Å². The largest absolute Gasteiger partial charge is 0.298 e. The predicted octanol–water partition coefficient (Wildman–Crippen LogP) is 4.56. The lowest BCUT2D eigenvalue weighted by atomic mass is 9.37. The van der Waals surface area contributed by atoms with Gasteiger partial charge >= 0.3 is 0 Å². The van der Waals surface area contributed by atoms with Gasteiger partial charge < -0.3 is 0 Å². The van der Waals surface area contributed by atoms with Crippen LogP contribution in [0.25, 0.3) is 0 Å². The molecule has 1 nitrogen and oxygen atoms in total. The fourth-order valence-corrected chi connectivity index (χ4v) is 8.08. The molecule has 0 amide bonds. The number of alkyl halides is 2. The maximum Gasteiger partial charge on any atom is 0.150 e. The van der Waals surface area contributed by atoms with Crippen molar-refractivity contribution in [2.24, 2.45) is 28.1 Å². The van der Waals surface area contributed by atoms with Crippen molar-refractivity contribution in [2.75, 3.05) is 0 Å². The van der Waals surface area contributed by atoms with E-state index in [1.165, 1.54) is 19.3 Å². The highest BCUT2D eigenvalue weighted by molar-refractivity contribution is 9.10. The van der Waals surface area contributed by atoms with E-state index >= 15 is 0 Å². The summed E-state index contributed by atoms with van der Waals surface area (Å²) in [5, 5.41) is 0. The molecule has 3 fully saturated rings. The van der Waals surface area contributed by atoms with Crippen LogP contribution in [0.4, 0.5) is 0 Å². The number of hydrogen-bond acceptors (Lipinski definition) is 1. The minimum atomic E-state index is 0.0470. The van der Waals surface area contributed by atoms with Crippen LogP contribution in [0.2, 0.25) is 0 Å². The third-order valence-electron chi connectivity index (χ3n) is 7.25. The second-order valence-corrected chi connectivity index (χ2v) is 9.38. The quantitative estimate of drug-likeness (QED) is 0.565. The SMILES string of the molecule is C[C@@H]1C(=O)[C@@H](Br)[C@H](C)[C@@]2(C)C[C@H](Br)[C@]3(C)CC[C@@]132. The van der Waals surface area contributed by atoms with E-state index in [2.05, 4.69) is 59.6 Å². The zero-order valence-corrected chi connectivity index (χ0v) is 14.8. The van der Waals surface area contributed by atoms with Gasteiger partial charge in [-0.1, -0.05) is 59.6 Å². The zero-order valence-electron chi connectivity index (χ0n) is 11.6. The molecule has 102 valence electrons. The van der Waals surface area contributed by atoms with Crippen LogP contribution in [-0.4, -0.2) is 15.4 Å². The molecule has 0 saturated heterocycles. The van der Waals surface area contributed by atoms with E-state index in [1.54, 1.807) is 0 Å². The summed E-state index contributed by atoms with van der Waals surface area (Å²) in [6, 6.07) is 0. The summed E-state index contributed by atoms with van der Waals surface area (Å²) in [6.07, 6.45) is 3.72. The molecule has 3 rings (SSSR count). The Kier molecular flexibility index (Phi) is 2.75. The first-order valence-corrected chi connectivity index (χ1v) is 8.87. The van der Waals surface area contributed by atoms with Gasteiger partial charge in [0.15, 0.2) is 0 Å². The molecule has 3 heteroatoms. The Morgan fingerprint density at radius 3 is 2.22 bits per heavy atom. The van der Waals surface area contributed by atoms with E-state index in [9.17, 15) is 4.79 Å². The molecule has 0 bridgehead atoms. The van der Waals surface area contributed by atoms with E-state index in [-0.39, 0.29) is 21.6 Å². The Labute approximate surface area is 127 Å². The molecule has 7 atom stereocenters. The highest BCUT2D eigenvalue weighted by Crippen LogP contribution is 2.81. The van der Waals surface area contributed by atoms with Crippen LogP contribution in [0.5, 0.6) is 0 Å². The van der Waals surface area contributed by atoms with Crippen molar-refractivity contribution >= 4 is 37.6 Å². The number of halogens is 2. The Hall–Kier alpha value is 0.630. The standard InChI is InChI=1S/C15H22Br2O/c1-8-11(17)12(18)9(2)15-6-5-13(15,3)10(16)7-14(8,15)4/h8-11H,5-7H2,1-4H3/t8-,9+,10-,11-,13-,14+,15+/m0/s1. The molecule has 1 spiro atoms. The monoisotopic (exact) mass is 376 g/mol. The van der Waals surface area contributed by atoms with Crippen LogP contribution in [0.1, 0.15) is 47.0 Å². The maximum absolute atomic E-state index is 12.6. The predicted molar refractivity (Wildman–Crippen MR) is 81.3 cm³/mol. The number of carbonyl (C=O) groups excluding carboxylic acids is 1. The molecule has 0 aromatic carbocycles. The molecule has 18 heavy (non-hydrogen) atoms. The van der Waals surface area contributed by atoms with E-state index in [0.717, 1.165) is 0 Å². The molecule has 0 aromatic heterocycles. The smallest absolute Gasteiger partial charge is 0.150 e. The molecular weight excluding hydrogens is 356 g/mol. The average Bonchev–Trinajstić information content (AvgIpc) is 2.42. The van der Waals surface area contributed by atoms with E-state index in [1.807, 2.05) is 0 Å². The topological polar surface area (TPSA) is 17.1 Å². The van der Waals surface area contributed by atoms with Crippen LogP contribution in [0.15, 0.2) is 0 Å². The Morgan fingerprint density at radius 2 is 1.72 bits per heavy atom. The summed E-state index contributed by atoms with van der Waals surface area (Å²) in [6.45, 7) is 9.30. The summed E-state index contributed by atoms with van der Waals surface area (Å²) in [4.78, 5) is 13.2. The molecule has 3 aliphatic rings. The van der Waals surface area contributed by atoms with Crippen molar-refractivity contribution < 1.29 is 4.79 Å². The van der Waals surface area contributed by atoms with Crippen LogP contribution in [0.3, 0.4) is 0 Å². The fraction of sp³-hybridized carbons (Fsp3) is 0.933. The lowest BCUT2D eigenvalue weighted by Crippen LogP contribution is -2.66. The molecule has 3 saturated carbocycles. The van der Waals surface area contributed by atoms with Gasteiger partial charge in [-0.15, -0.1) is 0 Å². The number of Topliss-reactive ketones (excluding diaryl/α,β-unsaturated/α-hetero) is 1. The minimum Gasteiger partial charge on any atom is -0.298 e. The molecule has 0 unspecified atom stereocenters. The molecule has 0 heterocycles. The van der Waals surface area contributed by atoms with Crippen LogP contribution < -0.4 is 0 Å². The third-order valence-corrected chi connectivity index (χ3v) is 9.83. The van der Waals surface area contributed by atoms with Gasteiger partial charge in [0.1, 0.15) is 5.78 Å². The van der Waals surface area contributed by atoms with E-state index in [0.29, 0.717) is 21.9 Å².